The number of hydrogen-bond acceptors (Lipinski definition) is 2. The van der Waals surface area contributed by atoms with Gasteiger partial charge < -0.3 is 15.5 Å². The molecule has 2 aliphatic rings. The lowest BCUT2D eigenvalue weighted by molar-refractivity contribution is -0.121. The zero-order valence-corrected chi connectivity index (χ0v) is 20.1. The van der Waals surface area contributed by atoms with Crippen LogP contribution in [0.2, 0.25) is 0 Å². The first-order valence-electron chi connectivity index (χ1n) is 10.8. The second-order valence-corrected chi connectivity index (χ2v) is 8.53. The smallest absolute Gasteiger partial charge is 0.220 e. The molecule has 0 bridgehead atoms. The zero-order valence-electron chi connectivity index (χ0n) is 17.8. The molecule has 2 fully saturated rings. The van der Waals surface area contributed by atoms with E-state index in [4.69, 9.17) is 4.99 Å². The van der Waals surface area contributed by atoms with Gasteiger partial charge in [0.1, 0.15) is 0 Å². The van der Waals surface area contributed by atoms with Crippen LogP contribution in [0.15, 0.2) is 4.99 Å². The number of rotatable bonds is 6. The standard InChI is InChI=1S/C21H40N4O.HI/c1-5-23-21(24-15-18-6-8-19(9-7-18)16(2)3)25-12-10-17(11-13-25)14-20(26)22-4;/h16-19H,5-15H2,1-4H3,(H,22,26)(H,23,24);1H. The molecule has 0 aromatic heterocycles. The number of nitrogens with zero attached hydrogens (tertiary/aromatic N) is 2. The minimum Gasteiger partial charge on any atom is -0.359 e. The molecule has 1 saturated carbocycles. The minimum absolute atomic E-state index is 0. The van der Waals surface area contributed by atoms with Crippen molar-refractivity contribution in [3.05, 3.63) is 0 Å². The van der Waals surface area contributed by atoms with Crippen molar-refractivity contribution in [3.8, 4) is 0 Å². The quantitative estimate of drug-likeness (QED) is 0.336. The van der Waals surface area contributed by atoms with E-state index in [1.54, 1.807) is 7.05 Å². The van der Waals surface area contributed by atoms with Crippen LogP contribution in [0, 0.1) is 23.7 Å². The molecule has 158 valence electrons. The van der Waals surface area contributed by atoms with E-state index >= 15 is 0 Å². The Kier molecular flexibility index (Phi) is 11.7. The largest absolute Gasteiger partial charge is 0.359 e. The van der Waals surface area contributed by atoms with Crippen LogP contribution in [0.4, 0.5) is 0 Å². The van der Waals surface area contributed by atoms with E-state index in [1.807, 2.05) is 0 Å². The Morgan fingerprint density at radius 3 is 2.22 bits per heavy atom. The molecule has 1 aliphatic carbocycles. The minimum atomic E-state index is 0. The molecule has 27 heavy (non-hydrogen) atoms. The molecular formula is C21H41IN4O. The van der Waals surface area contributed by atoms with Crippen molar-refractivity contribution in [1.29, 1.82) is 0 Å². The van der Waals surface area contributed by atoms with E-state index in [0.717, 1.165) is 62.7 Å². The Labute approximate surface area is 183 Å². The van der Waals surface area contributed by atoms with Gasteiger partial charge in [0, 0.05) is 39.6 Å². The molecule has 1 amide bonds. The first kappa shape index (κ1) is 24.5. The van der Waals surface area contributed by atoms with Gasteiger partial charge in [0.2, 0.25) is 5.91 Å². The van der Waals surface area contributed by atoms with Crippen molar-refractivity contribution < 1.29 is 4.79 Å². The fourth-order valence-electron chi connectivity index (χ4n) is 4.39. The lowest BCUT2D eigenvalue weighted by Gasteiger charge is -2.34. The molecule has 1 heterocycles. The molecular weight excluding hydrogens is 451 g/mol. The summed E-state index contributed by atoms with van der Waals surface area (Å²) in [6.07, 6.45) is 8.24. The number of halogens is 1. The fourth-order valence-corrected chi connectivity index (χ4v) is 4.39. The number of likely N-dealkylation sites (tertiary alicyclic amines) is 1. The van der Waals surface area contributed by atoms with Crippen LogP contribution in [0.25, 0.3) is 0 Å². The zero-order chi connectivity index (χ0) is 18.9. The van der Waals surface area contributed by atoms with Gasteiger partial charge in [-0.15, -0.1) is 24.0 Å². The molecule has 2 rings (SSSR count). The van der Waals surface area contributed by atoms with Gasteiger partial charge in [0.25, 0.3) is 0 Å². The maximum atomic E-state index is 11.6. The van der Waals surface area contributed by atoms with Crippen molar-refractivity contribution in [1.82, 2.24) is 15.5 Å². The van der Waals surface area contributed by atoms with Gasteiger partial charge in [0.05, 0.1) is 0 Å². The highest BCUT2D eigenvalue weighted by atomic mass is 127. The lowest BCUT2D eigenvalue weighted by Crippen LogP contribution is -2.46. The van der Waals surface area contributed by atoms with Crippen molar-refractivity contribution in [2.24, 2.45) is 28.7 Å². The van der Waals surface area contributed by atoms with Gasteiger partial charge in [-0.05, 0) is 69.1 Å². The van der Waals surface area contributed by atoms with Gasteiger partial charge in [-0.1, -0.05) is 13.8 Å². The number of guanidine groups is 1. The van der Waals surface area contributed by atoms with Crippen molar-refractivity contribution >= 4 is 35.8 Å². The van der Waals surface area contributed by atoms with Crippen LogP contribution >= 0.6 is 24.0 Å². The van der Waals surface area contributed by atoms with Gasteiger partial charge >= 0.3 is 0 Å². The number of aliphatic imine (C=N–C) groups is 1. The highest BCUT2D eigenvalue weighted by molar-refractivity contribution is 14.0. The molecule has 1 saturated heterocycles. The number of carbonyl (C=O) groups is 1. The van der Waals surface area contributed by atoms with Crippen molar-refractivity contribution in [3.63, 3.8) is 0 Å². The Bertz CT molecular complexity index is 453. The molecule has 0 aromatic carbocycles. The topological polar surface area (TPSA) is 56.7 Å². The molecule has 5 nitrogen and oxygen atoms in total. The first-order chi connectivity index (χ1) is 12.5. The average Bonchev–Trinajstić information content (AvgIpc) is 2.66. The first-order valence-corrected chi connectivity index (χ1v) is 10.8. The summed E-state index contributed by atoms with van der Waals surface area (Å²) in [4.78, 5) is 19.0. The maximum Gasteiger partial charge on any atom is 0.220 e. The van der Waals surface area contributed by atoms with Crippen LogP contribution in [0.3, 0.4) is 0 Å². The Hall–Kier alpha value is -0.530. The second kappa shape index (κ2) is 12.8. The summed E-state index contributed by atoms with van der Waals surface area (Å²) in [6.45, 7) is 10.8. The average molecular weight is 492 g/mol. The predicted molar refractivity (Wildman–Crippen MR) is 125 cm³/mol. The van der Waals surface area contributed by atoms with Crippen LogP contribution in [0.1, 0.15) is 65.7 Å². The van der Waals surface area contributed by atoms with Gasteiger partial charge in [-0.25, -0.2) is 0 Å². The molecule has 0 spiro atoms. The lowest BCUT2D eigenvalue weighted by atomic mass is 9.77. The summed E-state index contributed by atoms with van der Waals surface area (Å²) in [6, 6.07) is 0. The van der Waals surface area contributed by atoms with Gasteiger partial charge in [-0.2, -0.15) is 0 Å². The molecule has 2 N–H and O–H groups in total. The highest BCUT2D eigenvalue weighted by Crippen LogP contribution is 2.33. The number of carbonyl (C=O) groups excluding carboxylic acids is 1. The molecule has 0 aromatic rings. The monoisotopic (exact) mass is 492 g/mol. The number of piperidine rings is 1. The van der Waals surface area contributed by atoms with E-state index in [9.17, 15) is 4.79 Å². The van der Waals surface area contributed by atoms with Crippen molar-refractivity contribution in [2.75, 3.05) is 33.2 Å². The van der Waals surface area contributed by atoms with E-state index in [-0.39, 0.29) is 29.9 Å². The third-order valence-corrected chi connectivity index (χ3v) is 6.34. The van der Waals surface area contributed by atoms with Crippen LogP contribution in [-0.2, 0) is 4.79 Å². The summed E-state index contributed by atoms with van der Waals surface area (Å²) in [5.74, 6) is 4.26. The summed E-state index contributed by atoms with van der Waals surface area (Å²) < 4.78 is 0. The molecule has 0 atom stereocenters. The van der Waals surface area contributed by atoms with E-state index < -0.39 is 0 Å². The molecule has 0 radical (unpaired) electrons. The summed E-state index contributed by atoms with van der Waals surface area (Å²) >= 11 is 0. The molecule has 1 aliphatic heterocycles. The van der Waals surface area contributed by atoms with E-state index in [0.29, 0.717) is 12.3 Å². The van der Waals surface area contributed by atoms with Crippen molar-refractivity contribution in [2.45, 2.75) is 65.7 Å². The van der Waals surface area contributed by atoms with Crippen LogP contribution < -0.4 is 10.6 Å². The summed E-state index contributed by atoms with van der Waals surface area (Å²) in [7, 11) is 1.72. The highest BCUT2D eigenvalue weighted by Gasteiger charge is 2.25. The second-order valence-electron chi connectivity index (χ2n) is 8.53. The maximum absolute atomic E-state index is 11.6. The number of nitrogens with one attached hydrogen (secondary N) is 2. The number of amides is 1. The Morgan fingerprint density at radius 2 is 1.70 bits per heavy atom. The predicted octanol–water partition coefficient (Wildman–Crippen LogP) is 3.88. The van der Waals surface area contributed by atoms with Crippen LogP contribution in [-0.4, -0.2) is 50.0 Å². The third kappa shape index (κ3) is 8.16. The summed E-state index contributed by atoms with van der Waals surface area (Å²) in [5, 5.41) is 6.23. The SMILES string of the molecule is CCNC(=NCC1CCC(C(C)C)CC1)N1CCC(CC(=O)NC)CC1.I. The van der Waals surface area contributed by atoms with E-state index in [1.165, 1.54) is 25.7 Å². The molecule has 0 unspecified atom stereocenters. The van der Waals surface area contributed by atoms with Gasteiger partial charge in [-0.3, -0.25) is 9.79 Å². The fraction of sp³-hybridized carbons (Fsp3) is 0.905. The Balaban J connectivity index is 0.00000364. The normalized spacial score (nSPS) is 24.5. The summed E-state index contributed by atoms with van der Waals surface area (Å²) in [5.41, 5.74) is 0. The van der Waals surface area contributed by atoms with E-state index in [2.05, 4.69) is 36.3 Å². The third-order valence-electron chi connectivity index (χ3n) is 6.34. The van der Waals surface area contributed by atoms with Gasteiger partial charge in [0.15, 0.2) is 5.96 Å². The van der Waals surface area contributed by atoms with Crippen LogP contribution in [0.5, 0.6) is 0 Å². The molecule has 6 heteroatoms. The Morgan fingerprint density at radius 1 is 1.07 bits per heavy atom. The number of hydrogen-bond donors (Lipinski definition) is 2.